The first-order chi connectivity index (χ1) is 19.8. The predicted octanol–water partition coefficient (Wildman–Crippen LogP) is 6.07. The standard InChI is InChI=1S/C34H28O4P2/c1-35-27-17-9-19-29(39(25-13-5-3-6-14-25)26-15-7-4-8-16-26)33(27)34-28(36-2)18-10-20-30(34)40(31-21-11-23-37-31)32-22-12-24-38-32/h3-24H,1-2H3. The first kappa shape index (κ1) is 26.1. The van der Waals surface area contributed by atoms with Crippen molar-refractivity contribution in [3.05, 3.63) is 134 Å². The summed E-state index contributed by atoms with van der Waals surface area (Å²) in [6, 6.07) is 41.8. The molecule has 4 aromatic carbocycles. The smallest absolute Gasteiger partial charge is 0.137 e. The molecule has 0 aliphatic heterocycles. The van der Waals surface area contributed by atoms with Crippen LogP contribution in [-0.2, 0) is 0 Å². The van der Waals surface area contributed by atoms with Gasteiger partial charge in [-0.25, -0.2) is 0 Å². The Hall–Kier alpha value is -4.10. The van der Waals surface area contributed by atoms with Crippen molar-refractivity contribution in [3.63, 3.8) is 0 Å². The van der Waals surface area contributed by atoms with Gasteiger partial charge >= 0.3 is 0 Å². The van der Waals surface area contributed by atoms with Gasteiger partial charge in [-0.1, -0.05) is 84.9 Å². The molecule has 0 unspecified atom stereocenters. The second kappa shape index (κ2) is 12.0. The molecule has 6 aromatic rings. The average molecular weight is 563 g/mol. The van der Waals surface area contributed by atoms with Crippen LogP contribution < -0.4 is 41.7 Å². The lowest BCUT2D eigenvalue weighted by Gasteiger charge is -2.27. The molecule has 0 bridgehead atoms. The fraction of sp³-hybridized carbons (Fsp3) is 0.0588. The number of rotatable bonds is 9. The number of hydrogen-bond donors (Lipinski definition) is 0. The fourth-order valence-electron chi connectivity index (χ4n) is 4.98. The van der Waals surface area contributed by atoms with Crippen molar-refractivity contribution in [2.24, 2.45) is 0 Å². The summed E-state index contributed by atoms with van der Waals surface area (Å²) in [6.45, 7) is 0. The minimum atomic E-state index is -1.16. The van der Waals surface area contributed by atoms with Crippen LogP contribution in [0.25, 0.3) is 11.1 Å². The fourth-order valence-corrected chi connectivity index (χ4v) is 9.63. The highest BCUT2D eigenvalue weighted by molar-refractivity contribution is 7.80. The summed E-state index contributed by atoms with van der Waals surface area (Å²) in [7, 11) is 1.36. The van der Waals surface area contributed by atoms with Gasteiger partial charge in [-0.3, -0.25) is 0 Å². The Morgan fingerprint density at radius 2 is 0.900 bits per heavy atom. The number of hydrogen-bond acceptors (Lipinski definition) is 4. The summed E-state index contributed by atoms with van der Waals surface area (Å²) in [5.74, 6) is 1.56. The van der Waals surface area contributed by atoms with Crippen LogP contribution in [0.3, 0.4) is 0 Å². The van der Waals surface area contributed by atoms with E-state index in [9.17, 15) is 0 Å². The highest BCUT2D eigenvalue weighted by atomic mass is 31.1. The van der Waals surface area contributed by atoms with Crippen molar-refractivity contribution >= 4 is 48.1 Å². The molecule has 0 aliphatic carbocycles. The van der Waals surface area contributed by atoms with Gasteiger partial charge in [0.2, 0.25) is 0 Å². The van der Waals surface area contributed by atoms with Crippen molar-refractivity contribution in [2.45, 2.75) is 0 Å². The Bertz CT molecular complexity index is 1590. The van der Waals surface area contributed by atoms with E-state index in [-0.39, 0.29) is 0 Å². The van der Waals surface area contributed by atoms with Crippen LogP contribution >= 0.6 is 15.8 Å². The van der Waals surface area contributed by atoms with Gasteiger partial charge in [0.25, 0.3) is 0 Å². The molecule has 0 atom stereocenters. The van der Waals surface area contributed by atoms with E-state index < -0.39 is 15.8 Å². The zero-order valence-corrected chi connectivity index (χ0v) is 24.0. The Morgan fingerprint density at radius 3 is 1.30 bits per heavy atom. The lowest BCUT2D eigenvalue weighted by atomic mass is 10.0. The lowest BCUT2D eigenvalue weighted by Crippen LogP contribution is -2.26. The number of methoxy groups -OCH3 is 2. The minimum Gasteiger partial charge on any atom is -0.496 e. The molecule has 198 valence electrons. The second-order valence-electron chi connectivity index (χ2n) is 8.95. The van der Waals surface area contributed by atoms with E-state index in [0.717, 1.165) is 38.9 Å². The van der Waals surface area contributed by atoms with E-state index in [2.05, 4.69) is 78.9 Å². The summed E-state index contributed by atoms with van der Waals surface area (Å²) >= 11 is 0. The van der Waals surface area contributed by atoms with Crippen LogP contribution in [0.2, 0.25) is 0 Å². The van der Waals surface area contributed by atoms with Gasteiger partial charge in [0.15, 0.2) is 0 Å². The summed E-state index contributed by atoms with van der Waals surface area (Å²) in [5, 5.41) is 4.77. The van der Waals surface area contributed by atoms with Crippen molar-refractivity contribution in [1.29, 1.82) is 0 Å². The third kappa shape index (κ3) is 4.97. The van der Waals surface area contributed by atoms with E-state index in [1.54, 1.807) is 26.7 Å². The summed E-state index contributed by atoms with van der Waals surface area (Å²) in [4.78, 5) is 0. The molecule has 6 rings (SSSR count). The molecular weight excluding hydrogens is 534 g/mol. The van der Waals surface area contributed by atoms with Gasteiger partial charge in [-0.15, -0.1) is 0 Å². The Labute approximate surface area is 236 Å². The summed E-state index contributed by atoms with van der Waals surface area (Å²) in [6.07, 6.45) is 3.43. The van der Waals surface area contributed by atoms with Gasteiger partial charge in [0, 0.05) is 16.4 Å². The highest BCUT2D eigenvalue weighted by Gasteiger charge is 2.31. The largest absolute Gasteiger partial charge is 0.496 e. The van der Waals surface area contributed by atoms with E-state index in [1.165, 1.54) is 15.9 Å². The average Bonchev–Trinajstić information content (AvgIpc) is 3.74. The molecule has 0 amide bonds. The van der Waals surface area contributed by atoms with Gasteiger partial charge in [0.05, 0.1) is 34.7 Å². The molecule has 0 radical (unpaired) electrons. The summed E-state index contributed by atoms with van der Waals surface area (Å²) < 4.78 is 24.2. The zero-order valence-electron chi connectivity index (χ0n) is 22.2. The van der Waals surface area contributed by atoms with E-state index >= 15 is 0 Å². The number of benzene rings is 4. The van der Waals surface area contributed by atoms with Crippen LogP contribution in [0.1, 0.15) is 0 Å². The van der Waals surface area contributed by atoms with Gasteiger partial charge < -0.3 is 18.3 Å². The Morgan fingerprint density at radius 1 is 0.450 bits per heavy atom. The molecule has 2 aromatic heterocycles. The van der Waals surface area contributed by atoms with Crippen molar-refractivity contribution in [2.75, 3.05) is 14.2 Å². The van der Waals surface area contributed by atoms with Crippen LogP contribution in [-0.4, -0.2) is 14.2 Å². The molecule has 0 aliphatic rings. The molecule has 2 heterocycles. The molecule has 4 nitrogen and oxygen atoms in total. The van der Waals surface area contributed by atoms with Gasteiger partial charge in [-0.2, -0.15) is 0 Å². The molecule has 0 N–H and O–H groups in total. The van der Waals surface area contributed by atoms with Crippen LogP contribution in [0.5, 0.6) is 11.5 Å². The maximum atomic E-state index is 6.09. The molecule has 0 fully saturated rings. The first-order valence-electron chi connectivity index (χ1n) is 12.9. The molecule has 0 spiro atoms. The Kier molecular flexibility index (Phi) is 7.82. The third-order valence-electron chi connectivity index (χ3n) is 6.66. The van der Waals surface area contributed by atoms with E-state index in [1.807, 2.05) is 42.5 Å². The van der Waals surface area contributed by atoms with E-state index in [0.29, 0.717) is 0 Å². The molecule has 40 heavy (non-hydrogen) atoms. The van der Waals surface area contributed by atoms with E-state index in [4.69, 9.17) is 18.3 Å². The lowest BCUT2D eigenvalue weighted by molar-refractivity contribution is 0.411. The maximum Gasteiger partial charge on any atom is 0.137 e. The second-order valence-corrected chi connectivity index (χ2v) is 13.2. The van der Waals surface area contributed by atoms with Gasteiger partial charge in [-0.05, 0) is 60.2 Å². The minimum absolute atomic E-state index is 0.768. The predicted molar refractivity (Wildman–Crippen MR) is 167 cm³/mol. The van der Waals surface area contributed by atoms with Crippen LogP contribution in [0.4, 0.5) is 0 Å². The molecule has 6 heteroatoms. The SMILES string of the molecule is COc1cccc(P(c2ccccc2)c2ccccc2)c1-c1c(OC)cccc1P(c1ccco1)c1ccco1. The molecule has 0 saturated heterocycles. The monoisotopic (exact) mass is 562 g/mol. The normalized spacial score (nSPS) is 11.2. The number of ether oxygens (including phenoxy) is 2. The zero-order chi connectivity index (χ0) is 27.3. The topological polar surface area (TPSA) is 44.7 Å². The van der Waals surface area contributed by atoms with Gasteiger partial charge in [0.1, 0.15) is 22.5 Å². The quantitative estimate of drug-likeness (QED) is 0.201. The summed E-state index contributed by atoms with van der Waals surface area (Å²) in [5.41, 5.74) is 3.70. The van der Waals surface area contributed by atoms with Crippen molar-refractivity contribution < 1.29 is 18.3 Å². The Balaban J connectivity index is 1.68. The highest BCUT2D eigenvalue weighted by Crippen LogP contribution is 2.46. The molecule has 0 saturated carbocycles. The van der Waals surface area contributed by atoms with Crippen molar-refractivity contribution in [1.82, 2.24) is 0 Å². The van der Waals surface area contributed by atoms with Crippen LogP contribution in [0.15, 0.2) is 143 Å². The maximum absolute atomic E-state index is 6.09. The molecular formula is C34H28O4P2. The number of furan rings is 2. The van der Waals surface area contributed by atoms with Crippen molar-refractivity contribution in [3.8, 4) is 22.6 Å². The third-order valence-corrected chi connectivity index (χ3v) is 11.4. The van der Waals surface area contributed by atoms with Crippen LogP contribution in [0, 0.1) is 0 Å². The first-order valence-corrected chi connectivity index (χ1v) is 15.6.